The molecule has 0 heterocycles. The van der Waals surface area contributed by atoms with E-state index in [0.717, 1.165) is 5.57 Å². The summed E-state index contributed by atoms with van der Waals surface area (Å²) < 4.78 is 8.55. The molecule has 100 valence electrons. The molecule has 0 atom stereocenters. The van der Waals surface area contributed by atoms with Gasteiger partial charge >= 0.3 is 11.9 Å². The van der Waals surface area contributed by atoms with Crippen LogP contribution in [0.3, 0.4) is 0 Å². The van der Waals surface area contributed by atoms with E-state index in [2.05, 4.69) is 9.47 Å². The van der Waals surface area contributed by atoms with Gasteiger partial charge in [0, 0.05) is 6.08 Å². The number of hydrogen-bond donors (Lipinski definition) is 0. The van der Waals surface area contributed by atoms with Crippen molar-refractivity contribution in [2.45, 2.75) is 27.2 Å². The zero-order valence-electron chi connectivity index (χ0n) is 10.8. The fourth-order valence-electron chi connectivity index (χ4n) is 0.570. The zero-order chi connectivity index (χ0) is 13.1. The van der Waals surface area contributed by atoms with Gasteiger partial charge in [0.05, 0.1) is 14.2 Å². The molecule has 0 saturated carbocycles. The maximum absolute atomic E-state index is 10.3. The van der Waals surface area contributed by atoms with Crippen LogP contribution in [0.25, 0.3) is 0 Å². The highest BCUT2D eigenvalue weighted by Gasteiger charge is 2.01. The van der Waals surface area contributed by atoms with E-state index in [-0.39, 0.29) is 23.6 Å². The predicted molar refractivity (Wildman–Crippen MR) is 62.4 cm³/mol. The minimum atomic E-state index is -0.475. The van der Waals surface area contributed by atoms with Gasteiger partial charge in [0.2, 0.25) is 0 Å². The molecule has 0 aromatic rings. The summed E-state index contributed by atoms with van der Waals surface area (Å²) in [4.78, 5) is 30.6. The van der Waals surface area contributed by atoms with Crippen LogP contribution in [-0.4, -0.2) is 37.4 Å². The van der Waals surface area contributed by atoms with E-state index in [4.69, 9.17) is 0 Å². The quantitative estimate of drug-likeness (QED) is 0.409. The third-order valence-electron chi connectivity index (χ3n) is 1.23. The highest BCUT2D eigenvalue weighted by atomic mass is 16.5. The number of ether oxygens (including phenoxy) is 2. The average molecular weight is 248 g/mol. The molecule has 0 aliphatic heterocycles. The Morgan fingerprint density at radius 1 is 1.00 bits per heavy atom. The predicted octanol–water partition coefficient (Wildman–Crippen LogP) is 0.439. The molecule has 17 heavy (non-hydrogen) atoms. The molecule has 0 rings (SSSR count). The first-order chi connectivity index (χ1) is 7.33. The van der Waals surface area contributed by atoms with Crippen molar-refractivity contribution in [3.8, 4) is 0 Å². The number of esters is 2. The molecule has 0 saturated heterocycles. The Labute approximate surface area is 101 Å². The molecule has 0 fully saturated rings. The van der Waals surface area contributed by atoms with Gasteiger partial charge in [-0.2, -0.15) is 0 Å². The lowest BCUT2D eigenvalue weighted by Gasteiger charge is -1.90. The first-order valence-corrected chi connectivity index (χ1v) is 4.62. The van der Waals surface area contributed by atoms with Gasteiger partial charge in [-0.3, -0.25) is 9.59 Å². The number of ketones is 1. The molecule has 0 aliphatic rings. The van der Waals surface area contributed by atoms with Gasteiger partial charge in [-0.05, 0) is 20.8 Å². The lowest BCUT2D eigenvalue weighted by Crippen LogP contribution is -2.05. The van der Waals surface area contributed by atoms with E-state index >= 15 is 0 Å². The van der Waals surface area contributed by atoms with Crippen molar-refractivity contribution in [2.24, 2.45) is 0 Å². The Balaban J connectivity index is -0.000000218. The van der Waals surface area contributed by atoms with Crippen LogP contribution < -0.4 is 0 Å². The van der Waals surface area contributed by atoms with Crippen LogP contribution in [0.1, 0.15) is 27.2 Å². The number of rotatable bonds is 3. The molecule has 0 spiro atoms. The third kappa shape index (κ3) is 20.4. The highest BCUT2D eigenvalue weighted by molar-refractivity contribution is 5.93. The molecule has 6 nitrogen and oxygen atoms in total. The van der Waals surface area contributed by atoms with E-state index in [0.29, 0.717) is 0 Å². The molecule has 0 aliphatic carbocycles. The number of Topliss-reactive ketones (excluding diaryl/α,β-unsaturated/α-hetero) is 1. The van der Waals surface area contributed by atoms with Gasteiger partial charge in [0.25, 0.3) is 0 Å². The summed E-state index contributed by atoms with van der Waals surface area (Å²) in [6.07, 6.45) is 1.33. The first-order valence-electron chi connectivity index (χ1n) is 4.62. The normalized spacial score (nSPS) is 7.59. The van der Waals surface area contributed by atoms with Crippen LogP contribution in [-0.2, 0) is 23.9 Å². The van der Waals surface area contributed by atoms with Crippen molar-refractivity contribution in [3.05, 3.63) is 11.6 Å². The zero-order valence-corrected chi connectivity index (χ0v) is 10.8. The summed E-state index contributed by atoms with van der Waals surface area (Å²) in [5.74, 6) is -0.931. The summed E-state index contributed by atoms with van der Waals surface area (Å²) in [5.41, 5.74) is 0.955. The summed E-state index contributed by atoms with van der Waals surface area (Å²) in [6, 6.07) is 0. The van der Waals surface area contributed by atoms with Gasteiger partial charge in [0.15, 0.2) is 0 Å². The van der Waals surface area contributed by atoms with Crippen molar-refractivity contribution < 1.29 is 29.3 Å². The van der Waals surface area contributed by atoms with Crippen LogP contribution in [0, 0.1) is 0 Å². The second-order valence-electron chi connectivity index (χ2n) is 3.20. The van der Waals surface area contributed by atoms with Gasteiger partial charge in [-0.25, -0.2) is 4.79 Å². The highest BCUT2D eigenvalue weighted by Crippen LogP contribution is 1.88. The Morgan fingerprint density at radius 2 is 1.47 bits per heavy atom. The maximum atomic E-state index is 10.3. The summed E-state index contributed by atoms with van der Waals surface area (Å²) in [7, 11) is 2.62. The SMILES string of the molecule is COC(=O)C=C(C)C.COC(=O)CC(C)=O.O. The Bertz CT molecular complexity index is 276. The molecule has 0 aromatic heterocycles. The van der Waals surface area contributed by atoms with Crippen molar-refractivity contribution in [2.75, 3.05) is 14.2 Å². The number of carbonyl (C=O) groups excluding carboxylic acids is 3. The van der Waals surface area contributed by atoms with Crippen molar-refractivity contribution in [1.29, 1.82) is 0 Å². The summed E-state index contributed by atoms with van der Waals surface area (Å²) in [6.45, 7) is 5.03. The van der Waals surface area contributed by atoms with Gasteiger partial charge < -0.3 is 14.9 Å². The molecule has 0 bridgehead atoms. The fraction of sp³-hybridized carbons (Fsp3) is 0.545. The molecule has 0 aromatic carbocycles. The summed E-state index contributed by atoms with van der Waals surface area (Å²) in [5, 5.41) is 0. The molecular formula is C11H20O6. The van der Waals surface area contributed by atoms with Crippen LogP contribution in [0.15, 0.2) is 11.6 Å². The number of allylic oxidation sites excluding steroid dienone is 1. The van der Waals surface area contributed by atoms with Crippen molar-refractivity contribution in [1.82, 2.24) is 0 Å². The summed E-state index contributed by atoms with van der Waals surface area (Å²) >= 11 is 0. The monoisotopic (exact) mass is 248 g/mol. The van der Waals surface area contributed by atoms with E-state index in [1.807, 2.05) is 13.8 Å². The number of hydrogen-bond acceptors (Lipinski definition) is 5. The molecule has 6 heteroatoms. The molecule has 0 amide bonds. The maximum Gasteiger partial charge on any atom is 0.330 e. The smallest absolute Gasteiger partial charge is 0.330 e. The number of methoxy groups -OCH3 is 2. The largest absolute Gasteiger partial charge is 0.469 e. The standard InChI is InChI=1S/C6H10O2.C5H8O3.H2O/c1-5(2)4-6(7)8-3;1-4(6)3-5(7)8-2;/h4H,1-3H3;3H2,1-2H3;1H2. The van der Waals surface area contributed by atoms with E-state index in [1.54, 1.807) is 0 Å². The van der Waals surface area contributed by atoms with Crippen LogP contribution >= 0.6 is 0 Å². The topological polar surface area (TPSA) is 101 Å². The third-order valence-corrected chi connectivity index (χ3v) is 1.23. The first kappa shape index (κ1) is 20.7. The minimum absolute atomic E-state index is 0. The van der Waals surface area contributed by atoms with E-state index in [1.165, 1.54) is 27.2 Å². The van der Waals surface area contributed by atoms with Crippen molar-refractivity contribution >= 4 is 17.7 Å². The lowest BCUT2D eigenvalue weighted by molar-refractivity contribution is -0.143. The molecule has 2 N–H and O–H groups in total. The Kier molecular flexibility index (Phi) is 15.1. The van der Waals surface area contributed by atoms with Crippen molar-refractivity contribution in [3.63, 3.8) is 0 Å². The minimum Gasteiger partial charge on any atom is -0.469 e. The van der Waals surface area contributed by atoms with Gasteiger partial charge in [-0.15, -0.1) is 0 Å². The van der Waals surface area contributed by atoms with Gasteiger partial charge in [0.1, 0.15) is 12.2 Å². The average Bonchev–Trinajstić information content (AvgIpc) is 2.16. The second-order valence-corrected chi connectivity index (χ2v) is 3.20. The Morgan fingerprint density at radius 3 is 1.59 bits per heavy atom. The van der Waals surface area contributed by atoms with Crippen LogP contribution in [0.4, 0.5) is 0 Å². The van der Waals surface area contributed by atoms with Gasteiger partial charge in [-0.1, -0.05) is 5.57 Å². The molecule has 0 radical (unpaired) electrons. The lowest BCUT2D eigenvalue weighted by atomic mass is 10.3. The number of carbonyl (C=O) groups is 3. The molecule has 0 unspecified atom stereocenters. The van der Waals surface area contributed by atoms with E-state index < -0.39 is 5.97 Å². The second kappa shape index (κ2) is 12.4. The van der Waals surface area contributed by atoms with E-state index in [9.17, 15) is 14.4 Å². The van der Waals surface area contributed by atoms with Crippen LogP contribution in [0.5, 0.6) is 0 Å². The fourth-order valence-corrected chi connectivity index (χ4v) is 0.570. The Hall–Kier alpha value is -1.69. The van der Waals surface area contributed by atoms with Crippen LogP contribution in [0.2, 0.25) is 0 Å². The molecular weight excluding hydrogens is 228 g/mol.